The molecule has 2 aromatic rings. The number of benzene rings is 1. The highest BCUT2D eigenvalue weighted by atomic mass is 32.2. The van der Waals surface area contributed by atoms with Crippen molar-refractivity contribution in [2.24, 2.45) is 4.99 Å². The number of carbonyl (C=O) groups is 1. The fraction of sp³-hybridized carbons (Fsp3) is 0.450. The zero-order valence-corrected chi connectivity index (χ0v) is 17.5. The van der Waals surface area contributed by atoms with E-state index in [0.717, 1.165) is 30.5 Å². The minimum Gasteiger partial charge on any atom is -0.361 e. The number of aryl methyl sites for hydroxylation is 2. The Morgan fingerprint density at radius 2 is 2.03 bits per heavy atom. The van der Waals surface area contributed by atoms with Crippen LogP contribution in [0.2, 0.25) is 0 Å². The molecule has 1 aromatic heterocycles. The zero-order chi connectivity index (χ0) is 20.9. The molecular weight excluding hydrogens is 392 g/mol. The van der Waals surface area contributed by atoms with Gasteiger partial charge in [0.15, 0.2) is 0 Å². The summed E-state index contributed by atoms with van der Waals surface area (Å²) in [5.74, 6) is 0.993. The molecule has 0 atom stereocenters. The van der Waals surface area contributed by atoms with E-state index in [-0.39, 0.29) is 17.2 Å². The van der Waals surface area contributed by atoms with E-state index in [1.165, 1.54) is 12.1 Å². The molecular formula is C20H26N4O4S. The molecule has 9 heteroatoms. The lowest BCUT2D eigenvalue weighted by molar-refractivity contribution is -0.116. The molecule has 0 saturated heterocycles. The summed E-state index contributed by atoms with van der Waals surface area (Å²) in [4.78, 5) is 16.7. The van der Waals surface area contributed by atoms with Gasteiger partial charge in [-0.1, -0.05) is 17.6 Å². The minimum atomic E-state index is -3.75. The van der Waals surface area contributed by atoms with Gasteiger partial charge < -0.3 is 9.84 Å². The Kier molecular flexibility index (Phi) is 6.68. The fourth-order valence-corrected chi connectivity index (χ4v) is 4.37. The molecule has 3 rings (SSSR count). The molecule has 0 fully saturated rings. The van der Waals surface area contributed by atoms with Gasteiger partial charge in [-0.2, -0.15) is 0 Å². The van der Waals surface area contributed by atoms with Gasteiger partial charge in [-0.15, -0.1) is 0 Å². The number of aromatic nitrogens is 1. The Bertz CT molecular complexity index is 992. The summed E-state index contributed by atoms with van der Waals surface area (Å²) in [5, 5.41) is 6.64. The smallest absolute Gasteiger partial charge is 0.262 e. The van der Waals surface area contributed by atoms with Gasteiger partial charge >= 0.3 is 0 Å². The van der Waals surface area contributed by atoms with Crippen LogP contribution in [0, 0.1) is 13.8 Å². The van der Waals surface area contributed by atoms with Crippen LogP contribution in [-0.4, -0.2) is 31.9 Å². The van der Waals surface area contributed by atoms with Crippen molar-refractivity contribution in [3.63, 3.8) is 0 Å². The molecule has 156 valence electrons. The Morgan fingerprint density at radius 3 is 2.79 bits per heavy atom. The van der Waals surface area contributed by atoms with Crippen LogP contribution in [0.5, 0.6) is 0 Å². The summed E-state index contributed by atoms with van der Waals surface area (Å²) < 4.78 is 33.1. The second kappa shape index (κ2) is 9.21. The van der Waals surface area contributed by atoms with Gasteiger partial charge in [0, 0.05) is 30.6 Å². The summed E-state index contributed by atoms with van der Waals surface area (Å²) in [7, 11) is -3.75. The van der Waals surface area contributed by atoms with Crippen molar-refractivity contribution in [1.29, 1.82) is 0 Å². The van der Waals surface area contributed by atoms with Crippen molar-refractivity contribution in [2.45, 2.75) is 57.3 Å². The number of nitrogens with one attached hydrogen (secondary N) is 2. The van der Waals surface area contributed by atoms with Gasteiger partial charge in [0.25, 0.3) is 10.0 Å². The number of amidine groups is 1. The van der Waals surface area contributed by atoms with E-state index in [4.69, 9.17) is 4.52 Å². The standard InChI is InChI=1S/C20H26N4O4S/c1-14-18(15(2)28-23-14)10-11-20(25)22-16-7-6-8-17(13-16)29(26,27)24-19-9-4-3-5-12-21-19/h6-8,13H,3-5,9-12H2,1-2H3,(H,21,24)(H,22,25). The van der Waals surface area contributed by atoms with E-state index in [1.54, 1.807) is 12.1 Å². The molecule has 0 unspecified atom stereocenters. The van der Waals surface area contributed by atoms with Gasteiger partial charge in [-0.3, -0.25) is 14.5 Å². The Morgan fingerprint density at radius 1 is 1.21 bits per heavy atom. The second-order valence-corrected chi connectivity index (χ2v) is 8.81. The Labute approximate surface area is 170 Å². The topological polar surface area (TPSA) is 114 Å². The van der Waals surface area contributed by atoms with Gasteiger partial charge in [-0.25, -0.2) is 8.42 Å². The molecule has 8 nitrogen and oxygen atoms in total. The maximum atomic E-state index is 12.7. The first-order valence-corrected chi connectivity index (χ1v) is 11.2. The number of sulfonamides is 1. The van der Waals surface area contributed by atoms with E-state index in [2.05, 4.69) is 20.2 Å². The highest BCUT2D eigenvalue weighted by Gasteiger charge is 2.18. The lowest BCUT2D eigenvalue weighted by atomic mass is 10.1. The van der Waals surface area contributed by atoms with Crippen LogP contribution in [-0.2, 0) is 21.2 Å². The van der Waals surface area contributed by atoms with E-state index in [0.29, 0.717) is 36.7 Å². The third-order valence-corrected chi connectivity index (χ3v) is 6.22. The highest BCUT2D eigenvalue weighted by molar-refractivity contribution is 7.90. The van der Waals surface area contributed by atoms with E-state index >= 15 is 0 Å². The lowest BCUT2D eigenvalue weighted by Crippen LogP contribution is -2.30. The molecule has 1 aliphatic heterocycles. The van der Waals surface area contributed by atoms with Crippen molar-refractivity contribution in [1.82, 2.24) is 9.88 Å². The average Bonchev–Trinajstić information content (AvgIpc) is 2.86. The largest absolute Gasteiger partial charge is 0.361 e. The molecule has 0 radical (unpaired) electrons. The maximum absolute atomic E-state index is 12.7. The van der Waals surface area contributed by atoms with Crippen LogP contribution in [0.4, 0.5) is 5.69 Å². The van der Waals surface area contributed by atoms with E-state index in [9.17, 15) is 13.2 Å². The van der Waals surface area contributed by atoms with Gasteiger partial charge in [0.2, 0.25) is 5.91 Å². The average molecular weight is 419 g/mol. The molecule has 0 saturated carbocycles. The third-order valence-electron chi connectivity index (χ3n) is 4.84. The van der Waals surface area contributed by atoms with E-state index in [1.807, 2.05) is 13.8 Å². The minimum absolute atomic E-state index is 0.0907. The Balaban J connectivity index is 1.64. The van der Waals surface area contributed by atoms with Gasteiger partial charge in [0.05, 0.1) is 10.6 Å². The molecule has 29 heavy (non-hydrogen) atoms. The molecule has 1 aliphatic rings. The lowest BCUT2D eigenvalue weighted by Gasteiger charge is -2.11. The van der Waals surface area contributed by atoms with E-state index < -0.39 is 10.0 Å². The van der Waals surface area contributed by atoms with Crippen LogP contribution in [0.3, 0.4) is 0 Å². The second-order valence-electron chi connectivity index (χ2n) is 7.12. The van der Waals surface area contributed by atoms with Crippen LogP contribution in [0.1, 0.15) is 49.1 Å². The normalized spacial score (nSPS) is 14.8. The van der Waals surface area contributed by atoms with Crippen LogP contribution >= 0.6 is 0 Å². The number of anilines is 1. The summed E-state index contributed by atoms with van der Waals surface area (Å²) >= 11 is 0. The molecule has 0 bridgehead atoms. The number of hydrogen-bond donors (Lipinski definition) is 2. The van der Waals surface area contributed by atoms with Crippen LogP contribution < -0.4 is 10.0 Å². The van der Waals surface area contributed by atoms with Crippen molar-refractivity contribution in [2.75, 3.05) is 11.9 Å². The van der Waals surface area contributed by atoms with Crippen molar-refractivity contribution in [3.8, 4) is 0 Å². The predicted molar refractivity (Wildman–Crippen MR) is 110 cm³/mol. The molecule has 1 aromatic carbocycles. The fourth-order valence-electron chi connectivity index (χ4n) is 3.23. The number of rotatable bonds is 6. The number of hydrogen-bond acceptors (Lipinski definition) is 6. The molecule has 1 amide bonds. The highest BCUT2D eigenvalue weighted by Crippen LogP contribution is 2.18. The molecule has 0 aliphatic carbocycles. The van der Waals surface area contributed by atoms with Crippen molar-refractivity contribution in [3.05, 3.63) is 41.3 Å². The first kappa shape index (κ1) is 21.0. The number of nitrogens with zero attached hydrogens (tertiary/aromatic N) is 2. The van der Waals surface area contributed by atoms with Gasteiger partial charge in [-0.05, 0) is 51.3 Å². The zero-order valence-electron chi connectivity index (χ0n) is 16.7. The summed E-state index contributed by atoms with van der Waals surface area (Å²) in [6.07, 6.45) is 4.31. The quantitative estimate of drug-likeness (QED) is 0.748. The molecule has 2 heterocycles. The number of aliphatic imine (C=N–C) groups is 1. The third kappa shape index (κ3) is 5.66. The van der Waals surface area contributed by atoms with Crippen molar-refractivity contribution < 1.29 is 17.7 Å². The SMILES string of the molecule is Cc1noc(C)c1CCC(=O)Nc1cccc(S(=O)(=O)NC2=NCCCCC2)c1. The first-order chi connectivity index (χ1) is 13.8. The van der Waals surface area contributed by atoms with Crippen LogP contribution in [0.15, 0.2) is 38.7 Å². The van der Waals surface area contributed by atoms with Crippen LogP contribution in [0.25, 0.3) is 0 Å². The summed E-state index contributed by atoms with van der Waals surface area (Å²) in [6, 6.07) is 6.22. The maximum Gasteiger partial charge on any atom is 0.262 e. The molecule has 0 spiro atoms. The summed E-state index contributed by atoms with van der Waals surface area (Å²) in [6.45, 7) is 4.29. The number of carbonyl (C=O) groups excluding carboxylic acids is 1. The Hall–Kier alpha value is -2.68. The summed E-state index contributed by atoms with van der Waals surface area (Å²) in [5.41, 5.74) is 2.13. The molecule has 2 N–H and O–H groups in total. The first-order valence-electron chi connectivity index (χ1n) is 9.73. The van der Waals surface area contributed by atoms with Crippen molar-refractivity contribution >= 4 is 27.5 Å². The monoisotopic (exact) mass is 418 g/mol. The van der Waals surface area contributed by atoms with Gasteiger partial charge in [0.1, 0.15) is 11.6 Å². The number of amides is 1. The predicted octanol–water partition coefficient (Wildman–Crippen LogP) is 3.11.